The molecule has 0 saturated carbocycles. The van der Waals surface area contributed by atoms with Gasteiger partial charge in [-0.1, -0.05) is 29.8 Å². The van der Waals surface area contributed by atoms with E-state index in [9.17, 15) is 9.59 Å². The van der Waals surface area contributed by atoms with Crippen LogP contribution in [-0.4, -0.2) is 11.9 Å². The average molecular weight is 206 g/mol. The number of hydrogen-bond donors (Lipinski definition) is 0. The summed E-state index contributed by atoms with van der Waals surface area (Å²) in [5, 5.41) is 0. The highest BCUT2D eigenvalue weighted by Gasteiger charge is 2.28. The second-order valence-electron chi connectivity index (χ2n) is 3.40. The van der Waals surface area contributed by atoms with E-state index in [0.717, 1.165) is 5.56 Å². The standard InChI is InChI=1S/C11H10O4/c1-7-2-4-8(5-3-7)11-14-9(12)6-10(13)15-11/h2-5,11H,6H2,1H3. The Hall–Kier alpha value is -1.84. The lowest BCUT2D eigenvalue weighted by molar-refractivity contribution is -0.204. The molecule has 0 radical (unpaired) electrons. The molecule has 1 saturated heterocycles. The molecular formula is C11H10O4. The Morgan fingerprint density at radius 2 is 1.60 bits per heavy atom. The molecule has 78 valence electrons. The third-order valence-corrected chi connectivity index (χ3v) is 2.12. The zero-order chi connectivity index (χ0) is 10.8. The van der Waals surface area contributed by atoms with E-state index in [0.29, 0.717) is 5.56 Å². The molecule has 2 rings (SSSR count). The van der Waals surface area contributed by atoms with Crippen LogP contribution in [0.2, 0.25) is 0 Å². The summed E-state index contributed by atoms with van der Waals surface area (Å²) in [6.07, 6.45) is -1.19. The zero-order valence-corrected chi connectivity index (χ0v) is 8.23. The van der Waals surface area contributed by atoms with Gasteiger partial charge < -0.3 is 9.47 Å². The Morgan fingerprint density at radius 1 is 1.07 bits per heavy atom. The van der Waals surface area contributed by atoms with Gasteiger partial charge in [0.2, 0.25) is 0 Å². The van der Waals surface area contributed by atoms with Crippen molar-refractivity contribution in [1.29, 1.82) is 0 Å². The molecule has 1 aliphatic rings. The van der Waals surface area contributed by atoms with Gasteiger partial charge >= 0.3 is 11.9 Å². The van der Waals surface area contributed by atoms with Crippen LogP contribution in [0.4, 0.5) is 0 Å². The largest absolute Gasteiger partial charge is 0.420 e. The van der Waals surface area contributed by atoms with Crippen LogP contribution in [0.3, 0.4) is 0 Å². The maximum atomic E-state index is 11.0. The van der Waals surface area contributed by atoms with Gasteiger partial charge in [0.05, 0.1) is 0 Å². The van der Waals surface area contributed by atoms with E-state index >= 15 is 0 Å². The number of benzene rings is 1. The van der Waals surface area contributed by atoms with Crippen molar-refractivity contribution in [1.82, 2.24) is 0 Å². The molecule has 1 heterocycles. The molecule has 4 heteroatoms. The smallest absolute Gasteiger partial charge is 0.320 e. The van der Waals surface area contributed by atoms with Crippen molar-refractivity contribution in [3.8, 4) is 0 Å². The normalized spacial score (nSPS) is 17.1. The number of rotatable bonds is 1. The molecule has 1 aromatic carbocycles. The van der Waals surface area contributed by atoms with Crippen molar-refractivity contribution in [3.63, 3.8) is 0 Å². The molecule has 0 unspecified atom stereocenters. The van der Waals surface area contributed by atoms with Crippen LogP contribution in [0, 0.1) is 6.92 Å². The highest BCUT2D eigenvalue weighted by Crippen LogP contribution is 2.24. The molecule has 0 N–H and O–H groups in total. The van der Waals surface area contributed by atoms with Crippen molar-refractivity contribution < 1.29 is 19.1 Å². The van der Waals surface area contributed by atoms with E-state index in [1.54, 1.807) is 12.1 Å². The quantitative estimate of drug-likeness (QED) is 0.516. The van der Waals surface area contributed by atoms with E-state index in [1.807, 2.05) is 19.1 Å². The van der Waals surface area contributed by atoms with Crippen LogP contribution in [0.5, 0.6) is 0 Å². The lowest BCUT2D eigenvalue weighted by Crippen LogP contribution is -2.26. The number of carbonyl (C=O) groups excluding carboxylic acids is 2. The lowest BCUT2D eigenvalue weighted by Gasteiger charge is -2.22. The highest BCUT2D eigenvalue weighted by molar-refractivity contribution is 5.92. The molecule has 0 aliphatic carbocycles. The van der Waals surface area contributed by atoms with Crippen molar-refractivity contribution in [2.24, 2.45) is 0 Å². The summed E-state index contributed by atoms with van der Waals surface area (Å²) in [6, 6.07) is 7.27. The number of ether oxygens (including phenoxy) is 2. The maximum Gasteiger partial charge on any atom is 0.320 e. The Bertz CT molecular complexity index is 378. The summed E-state index contributed by atoms with van der Waals surface area (Å²) in [5.41, 5.74) is 1.76. The number of aryl methyl sites for hydroxylation is 1. The first-order chi connectivity index (χ1) is 7.15. The van der Waals surface area contributed by atoms with Gasteiger partial charge in [-0.15, -0.1) is 0 Å². The minimum Gasteiger partial charge on any atom is -0.420 e. The summed E-state index contributed by atoms with van der Waals surface area (Å²) in [5.74, 6) is -1.09. The third kappa shape index (κ3) is 2.15. The predicted octanol–water partition coefficient (Wildman–Crippen LogP) is 1.48. The van der Waals surface area contributed by atoms with E-state index < -0.39 is 18.2 Å². The molecule has 1 aromatic rings. The van der Waals surface area contributed by atoms with Gasteiger partial charge in [0.15, 0.2) is 0 Å². The number of esters is 2. The minimum absolute atomic E-state index is 0.303. The van der Waals surface area contributed by atoms with Crippen LogP contribution < -0.4 is 0 Å². The van der Waals surface area contributed by atoms with E-state index in [1.165, 1.54) is 0 Å². The van der Waals surface area contributed by atoms with Gasteiger partial charge in [0.1, 0.15) is 6.42 Å². The molecule has 4 nitrogen and oxygen atoms in total. The van der Waals surface area contributed by atoms with Gasteiger partial charge in [-0.3, -0.25) is 9.59 Å². The predicted molar refractivity (Wildman–Crippen MR) is 50.7 cm³/mol. The molecular weight excluding hydrogens is 196 g/mol. The lowest BCUT2D eigenvalue weighted by atomic mass is 10.1. The molecule has 15 heavy (non-hydrogen) atoms. The number of carbonyl (C=O) groups is 2. The van der Waals surface area contributed by atoms with Crippen LogP contribution in [0.25, 0.3) is 0 Å². The Morgan fingerprint density at radius 3 is 2.13 bits per heavy atom. The summed E-state index contributed by atoms with van der Waals surface area (Å²) in [4.78, 5) is 22.0. The first-order valence-corrected chi connectivity index (χ1v) is 4.61. The maximum absolute atomic E-state index is 11.0. The fraction of sp³-hybridized carbons (Fsp3) is 0.273. The van der Waals surface area contributed by atoms with Gasteiger partial charge in [0, 0.05) is 5.56 Å². The summed E-state index contributed by atoms with van der Waals surface area (Å²) in [7, 11) is 0. The fourth-order valence-electron chi connectivity index (χ4n) is 1.32. The van der Waals surface area contributed by atoms with E-state index in [-0.39, 0.29) is 6.42 Å². The van der Waals surface area contributed by atoms with E-state index in [4.69, 9.17) is 9.47 Å². The van der Waals surface area contributed by atoms with Crippen LogP contribution in [0.15, 0.2) is 24.3 Å². The highest BCUT2D eigenvalue weighted by atomic mass is 16.7. The summed E-state index contributed by atoms with van der Waals surface area (Å²) >= 11 is 0. The summed E-state index contributed by atoms with van der Waals surface area (Å²) in [6.45, 7) is 1.95. The third-order valence-electron chi connectivity index (χ3n) is 2.12. The first kappa shape index (κ1) is 9.71. The summed E-state index contributed by atoms with van der Waals surface area (Å²) < 4.78 is 9.80. The molecule has 0 amide bonds. The topological polar surface area (TPSA) is 52.6 Å². The fourth-order valence-corrected chi connectivity index (χ4v) is 1.32. The van der Waals surface area contributed by atoms with Gasteiger partial charge in [-0.05, 0) is 6.92 Å². The van der Waals surface area contributed by atoms with Gasteiger partial charge in [-0.2, -0.15) is 0 Å². The molecule has 0 bridgehead atoms. The van der Waals surface area contributed by atoms with Gasteiger partial charge in [0.25, 0.3) is 6.29 Å². The molecule has 0 spiro atoms. The zero-order valence-electron chi connectivity index (χ0n) is 8.23. The van der Waals surface area contributed by atoms with Gasteiger partial charge in [-0.25, -0.2) is 0 Å². The first-order valence-electron chi connectivity index (χ1n) is 4.61. The SMILES string of the molecule is Cc1ccc(C2OC(=O)CC(=O)O2)cc1. The van der Waals surface area contributed by atoms with Crippen molar-refractivity contribution in [2.45, 2.75) is 19.6 Å². The Kier molecular flexibility index (Phi) is 2.41. The average Bonchev–Trinajstić information content (AvgIpc) is 2.17. The van der Waals surface area contributed by atoms with E-state index in [2.05, 4.69) is 0 Å². The van der Waals surface area contributed by atoms with Crippen LogP contribution in [0.1, 0.15) is 23.8 Å². The van der Waals surface area contributed by atoms with Crippen LogP contribution >= 0.6 is 0 Å². The molecule has 0 aromatic heterocycles. The molecule has 1 fully saturated rings. The number of hydrogen-bond acceptors (Lipinski definition) is 4. The van der Waals surface area contributed by atoms with Crippen molar-refractivity contribution >= 4 is 11.9 Å². The second kappa shape index (κ2) is 3.73. The Balaban J connectivity index is 2.19. The van der Waals surface area contributed by atoms with Crippen LogP contribution in [-0.2, 0) is 19.1 Å². The number of cyclic esters (lactones) is 2. The monoisotopic (exact) mass is 206 g/mol. The van der Waals surface area contributed by atoms with Crippen molar-refractivity contribution in [2.75, 3.05) is 0 Å². The minimum atomic E-state index is -0.889. The second-order valence-corrected chi connectivity index (χ2v) is 3.40. The van der Waals surface area contributed by atoms with Crippen molar-refractivity contribution in [3.05, 3.63) is 35.4 Å². The molecule has 1 aliphatic heterocycles. The Labute approximate surface area is 86.8 Å². The molecule has 0 atom stereocenters.